The molecule has 0 aromatic carbocycles. The third-order valence-corrected chi connectivity index (χ3v) is 2.53. The molecule has 1 rings (SSSR count). The van der Waals surface area contributed by atoms with Crippen molar-refractivity contribution >= 4 is 6.47 Å². The highest BCUT2D eigenvalue weighted by Crippen LogP contribution is 2.25. The predicted molar refractivity (Wildman–Crippen MR) is 44.8 cm³/mol. The largest absolute Gasteiger partial charge is 0.468 e. The molecule has 1 saturated carbocycles. The molecule has 12 heavy (non-hydrogen) atoms. The SMILES string of the molecule is COC1CCC(COC=O)CC1. The van der Waals surface area contributed by atoms with Gasteiger partial charge in [0.05, 0.1) is 12.7 Å². The maximum absolute atomic E-state index is 9.92. The molecule has 0 spiro atoms. The van der Waals surface area contributed by atoms with Crippen molar-refractivity contribution in [3.8, 4) is 0 Å². The molecule has 0 bridgehead atoms. The van der Waals surface area contributed by atoms with E-state index in [-0.39, 0.29) is 0 Å². The second-order valence-electron chi connectivity index (χ2n) is 3.31. The third-order valence-electron chi connectivity index (χ3n) is 2.53. The highest BCUT2D eigenvalue weighted by Gasteiger charge is 2.20. The van der Waals surface area contributed by atoms with Crippen LogP contribution in [0.4, 0.5) is 0 Å². The summed E-state index contributed by atoms with van der Waals surface area (Å²) in [5.74, 6) is 0.557. The van der Waals surface area contributed by atoms with Crippen LogP contribution in [0.25, 0.3) is 0 Å². The van der Waals surface area contributed by atoms with Crippen molar-refractivity contribution in [3.63, 3.8) is 0 Å². The Morgan fingerprint density at radius 1 is 1.33 bits per heavy atom. The number of carbonyl (C=O) groups is 1. The van der Waals surface area contributed by atoms with Crippen molar-refractivity contribution in [2.75, 3.05) is 13.7 Å². The van der Waals surface area contributed by atoms with E-state index in [1.807, 2.05) is 0 Å². The standard InChI is InChI=1S/C9H16O3/c1-11-9-4-2-8(3-5-9)6-12-7-10/h7-9H,2-6H2,1H3. The highest BCUT2D eigenvalue weighted by molar-refractivity contribution is 5.36. The van der Waals surface area contributed by atoms with Crippen LogP contribution in [0.3, 0.4) is 0 Å². The van der Waals surface area contributed by atoms with Crippen molar-refractivity contribution in [2.45, 2.75) is 31.8 Å². The topological polar surface area (TPSA) is 35.5 Å². The first-order chi connectivity index (χ1) is 5.86. The smallest absolute Gasteiger partial charge is 0.293 e. The lowest BCUT2D eigenvalue weighted by molar-refractivity contribution is -0.130. The number of rotatable bonds is 4. The van der Waals surface area contributed by atoms with Crippen LogP contribution in [0.5, 0.6) is 0 Å². The van der Waals surface area contributed by atoms with Gasteiger partial charge in [0, 0.05) is 7.11 Å². The van der Waals surface area contributed by atoms with E-state index in [0.717, 1.165) is 25.7 Å². The number of hydrogen-bond acceptors (Lipinski definition) is 3. The van der Waals surface area contributed by atoms with Crippen LogP contribution < -0.4 is 0 Å². The van der Waals surface area contributed by atoms with E-state index in [0.29, 0.717) is 25.1 Å². The normalized spacial score (nSPS) is 29.8. The Kier molecular flexibility index (Phi) is 4.08. The predicted octanol–water partition coefficient (Wildman–Crippen LogP) is 1.36. The van der Waals surface area contributed by atoms with Gasteiger partial charge in [-0.15, -0.1) is 0 Å². The van der Waals surface area contributed by atoms with Crippen LogP contribution in [0.15, 0.2) is 0 Å². The molecule has 0 atom stereocenters. The molecule has 0 heterocycles. The molecule has 0 aromatic rings. The molecule has 0 N–H and O–H groups in total. The van der Waals surface area contributed by atoms with Gasteiger partial charge in [-0.3, -0.25) is 4.79 Å². The fourth-order valence-electron chi connectivity index (χ4n) is 1.71. The second-order valence-corrected chi connectivity index (χ2v) is 3.31. The summed E-state index contributed by atoms with van der Waals surface area (Å²) in [6.07, 6.45) is 4.86. The van der Waals surface area contributed by atoms with Gasteiger partial charge >= 0.3 is 0 Å². The number of carbonyl (C=O) groups excluding carboxylic acids is 1. The van der Waals surface area contributed by atoms with Gasteiger partial charge < -0.3 is 9.47 Å². The summed E-state index contributed by atoms with van der Waals surface area (Å²) in [5.41, 5.74) is 0. The van der Waals surface area contributed by atoms with Gasteiger partial charge in [0.25, 0.3) is 6.47 Å². The van der Waals surface area contributed by atoms with Gasteiger partial charge in [0.2, 0.25) is 0 Å². The summed E-state index contributed by atoms with van der Waals surface area (Å²) in [7, 11) is 1.76. The Morgan fingerprint density at radius 2 is 2.00 bits per heavy atom. The quantitative estimate of drug-likeness (QED) is 0.601. The first-order valence-electron chi connectivity index (χ1n) is 4.45. The average molecular weight is 172 g/mol. The molecule has 3 nitrogen and oxygen atoms in total. The van der Waals surface area contributed by atoms with Crippen molar-refractivity contribution in [1.82, 2.24) is 0 Å². The van der Waals surface area contributed by atoms with Gasteiger partial charge in [-0.1, -0.05) is 0 Å². The molecule has 0 aromatic heterocycles. The maximum atomic E-state index is 9.92. The average Bonchev–Trinajstić information content (AvgIpc) is 2.15. The molecule has 0 saturated heterocycles. The van der Waals surface area contributed by atoms with E-state index in [9.17, 15) is 4.79 Å². The Balaban J connectivity index is 2.12. The van der Waals surface area contributed by atoms with E-state index in [1.165, 1.54) is 0 Å². The Bertz CT molecular complexity index is 128. The molecular formula is C9H16O3. The molecule has 70 valence electrons. The Hall–Kier alpha value is -0.570. The molecule has 0 aliphatic heterocycles. The van der Waals surface area contributed by atoms with Crippen LogP contribution in [0.1, 0.15) is 25.7 Å². The van der Waals surface area contributed by atoms with Crippen molar-refractivity contribution in [3.05, 3.63) is 0 Å². The summed E-state index contributed by atoms with van der Waals surface area (Å²) in [6.45, 7) is 1.11. The maximum Gasteiger partial charge on any atom is 0.293 e. The highest BCUT2D eigenvalue weighted by atomic mass is 16.5. The van der Waals surface area contributed by atoms with Crippen LogP contribution in [-0.2, 0) is 14.3 Å². The fourth-order valence-corrected chi connectivity index (χ4v) is 1.71. The first-order valence-corrected chi connectivity index (χ1v) is 4.45. The lowest BCUT2D eigenvalue weighted by Gasteiger charge is -2.26. The molecule has 1 aliphatic carbocycles. The van der Waals surface area contributed by atoms with Crippen molar-refractivity contribution in [1.29, 1.82) is 0 Å². The second kappa shape index (κ2) is 5.14. The zero-order valence-electron chi connectivity index (χ0n) is 7.49. The van der Waals surface area contributed by atoms with Crippen LogP contribution in [0, 0.1) is 5.92 Å². The minimum absolute atomic E-state index is 0.428. The lowest BCUT2D eigenvalue weighted by Crippen LogP contribution is -2.22. The minimum atomic E-state index is 0.428. The summed E-state index contributed by atoms with van der Waals surface area (Å²) in [5, 5.41) is 0. The molecule has 0 unspecified atom stereocenters. The molecule has 0 radical (unpaired) electrons. The Labute approximate surface area is 73.0 Å². The molecule has 1 aliphatic rings. The lowest BCUT2D eigenvalue weighted by atomic mass is 9.88. The van der Waals surface area contributed by atoms with Crippen LogP contribution in [-0.4, -0.2) is 26.3 Å². The van der Waals surface area contributed by atoms with Gasteiger partial charge in [-0.25, -0.2) is 0 Å². The summed E-state index contributed by atoms with van der Waals surface area (Å²) >= 11 is 0. The molecule has 1 fully saturated rings. The van der Waals surface area contributed by atoms with Crippen LogP contribution in [0.2, 0.25) is 0 Å². The zero-order valence-corrected chi connectivity index (χ0v) is 7.49. The third kappa shape index (κ3) is 2.81. The minimum Gasteiger partial charge on any atom is -0.468 e. The number of ether oxygens (including phenoxy) is 2. The number of hydrogen-bond donors (Lipinski definition) is 0. The fraction of sp³-hybridized carbons (Fsp3) is 0.889. The monoisotopic (exact) mass is 172 g/mol. The van der Waals surface area contributed by atoms with E-state index < -0.39 is 0 Å². The summed E-state index contributed by atoms with van der Waals surface area (Å²) in [4.78, 5) is 9.92. The van der Waals surface area contributed by atoms with Crippen molar-refractivity contribution < 1.29 is 14.3 Å². The van der Waals surface area contributed by atoms with Crippen molar-refractivity contribution in [2.24, 2.45) is 5.92 Å². The van der Waals surface area contributed by atoms with E-state index in [2.05, 4.69) is 0 Å². The first kappa shape index (κ1) is 9.52. The summed E-state index contributed by atoms with van der Waals surface area (Å²) in [6, 6.07) is 0. The van der Waals surface area contributed by atoms with Gasteiger partial charge in [0.15, 0.2) is 0 Å². The molecule has 3 heteroatoms. The van der Waals surface area contributed by atoms with E-state index in [4.69, 9.17) is 9.47 Å². The van der Waals surface area contributed by atoms with E-state index in [1.54, 1.807) is 7.11 Å². The number of methoxy groups -OCH3 is 1. The summed E-state index contributed by atoms with van der Waals surface area (Å²) < 4.78 is 9.95. The van der Waals surface area contributed by atoms with Gasteiger partial charge in [-0.05, 0) is 31.6 Å². The Morgan fingerprint density at radius 3 is 2.50 bits per heavy atom. The molecule has 0 amide bonds. The zero-order chi connectivity index (χ0) is 8.81. The molecular weight excluding hydrogens is 156 g/mol. The van der Waals surface area contributed by atoms with Gasteiger partial charge in [-0.2, -0.15) is 0 Å². The van der Waals surface area contributed by atoms with E-state index >= 15 is 0 Å². The van der Waals surface area contributed by atoms with Crippen LogP contribution >= 0.6 is 0 Å². The van der Waals surface area contributed by atoms with Gasteiger partial charge in [0.1, 0.15) is 0 Å².